The minimum atomic E-state index is -3.65. The van der Waals surface area contributed by atoms with E-state index in [4.69, 9.17) is 0 Å². The van der Waals surface area contributed by atoms with Gasteiger partial charge < -0.3 is 4.90 Å². The predicted molar refractivity (Wildman–Crippen MR) is 73.6 cm³/mol. The van der Waals surface area contributed by atoms with Crippen molar-refractivity contribution in [2.45, 2.75) is 4.90 Å². The number of aromatic nitrogens is 2. The van der Waals surface area contributed by atoms with Gasteiger partial charge >= 0.3 is 0 Å². The number of hydrogen-bond acceptors (Lipinski definition) is 5. The molecule has 7 heteroatoms. The summed E-state index contributed by atoms with van der Waals surface area (Å²) in [5.41, 5.74) is 0. The topological polar surface area (TPSA) is 75.2 Å². The lowest BCUT2D eigenvalue weighted by atomic mass is 10.4. The summed E-state index contributed by atoms with van der Waals surface area (Å²) < 4.78 is 26.5. The highest BCUT2D eigenvalue weighted by Crippen LogP contribution is 2.15. The molecule has 6 nitrogen and oxygen atoms in total. The fourth-order valence-electron chi connectivity index (χ4n) is 1.42. The summed E-state index contributed by atoms with van der Waals surface area (Å²) in [6, 6.07) is 8.16. The molecule has 0 saturated carbocycles. The Hall–Kier alpha value is -2.15. The van der Waals surface area contributed by atoms with Gasteiger partial charge in [-0.15, -0.1) is 0 Å². The molecule has 1 N–H and O–H groups in total. The number of pyridine rings is 2. The molecular weight excluding hydrogens is 264 g/mol. The van der Waals surface area contributed by atoms with Gasteiger partial charge in [0, 0.05) is 26.5 Å². The van der Waals surface area contributed by atoms with E-state index in [0.717, 1.165) is 0 Å². The second-order valence-corrected chi connectivity index (χ2v) is 5.75. The van der Waals surface area contributed by atoms with E-state index < -0.39 is 10.0 Å². The van der Waals surface area contributed by atoms with Crippen molar-refractivity contribution < 1.29 is 8.42 Å². The third kappa shape index (κ3) is 3.19. The number of rotatable bonds is 4. The third-order valence-corrected chi connectivity index (χ3v) is 3.73. The molecule has 0 aromatic carbocycles. The Morgan fingerprint density at radius 1 is 1.11 bits per heavy atom. The number of nitrogens with one attached hydrogen (secondary N) is 1. The van der Waals surface area contributed by atoms with E-state index in [2.05, 4.69) is 14.7 Å². The first kappa shape index (κ1) is 13.3. The standard InChI is InChI=1S/C12H14N4O2S/c1-16(2)12-7-6-10(9-14-12)19(17,18)15-11-5-3-4-8-13-11/h3-9H,1-2H3,(H,13,15). The maximum absolute atomic E-state index is 12.1. The van der Waals surface area contributed by atoms with E-state index in [-0.39, 0.29) is 10.7 Å². The van der Waals surface area contributed by atoms with E-state index >= 15 is 0 Å². The van der Waals surface area contributed by atoms with Gasteiger partial charge in [-0.05, 0) is 24.3 Å². The Bertz CT molecular complexity index is 639. The summed E-state index contributed by atoms with van der Waals surface area (Å²) in [6.07, 6.45) is 2.84. The van der Waals surface area contributed by atoms with E-state index in [1.54, 1.807) is 29.2 Å². The van der Waals surface area contributed by atoms with Crippen LogP contribution in [0.2, 0.25) is 0 Å². The highest BCUT2D eigenvalue weighted by molar-refractivity contribution is 7.92. The first-order chi connectivity index (χ1) is 8.99. The van der Waals surface area contributed by atoms with Gasteiger partial charge in [-0.1, -0.05) is 6.07 Å². The lowest BCUT2D eigenvalue weighted by Crippen LogP contribution is -2.15. The van der Waals surface area contributed by atoms with Crippen molar-refractivity contribution in [2.75, 3.05) is 23.7 Å². The van der Waals surface area contributed by atoms with Gasteiger partial charge in [-0.2, -0.15) is 0 Å². The van der Waals surface area contributed by atoms with E-state index in [1.165, 1.54) is 18.5 Å². The maximum atomic E-state index is 12.1. The first-order valence-corrected chi connectivity index (χ1v) is 7.04. The van der Waals surface area contributed by atoms with Crippen LogP contribution in [0.3, 0.4) is 0 Å². The summed E-state index contributed by atoms with van der Waals surface area (Å²) in [5, 5.41) is 0. The lowest BCUT2D eigenvalue weighted by Gasteiger charge is -2.11. The molecule has 0 bridgehead atoms. The molecule has 0 atom stereocenters. The first-order valence-electron chi connectivity index (χ1n) is 5.56. The monoisotopic (exact) mass is 278 g/mol. The number of anilines is 2. The summed E-state index contributed by atoms with van der Waals surface area (Å²) in [6.45, 7) is 0. The van der Waals surface area contributed by atoms with E-state index in [1.807, 2.05) is 14.1 Å². The Labute approximate surface area is 112 Å². The Balaban J connectivity index is 2.25. The molecule has 0 amide bonds. The van der Waals surface area contributed by atoms with Gasteiger partial charge in [0.15, 0.2) is 0 Å². The molecule has 100 valence electrons. The van der Waals surface area contributed by atoms with E-state index in [0.29, 0.717) is 5.82 Å². The van der Waals surface area contributed by atoms with Crippen molar-refractivity contribution in [3.05, 3.63) is 42.7 Å². The largest absolute Gasteiger partial charge is 0.363 e. The molecule has 0 aliphatic carbocycles. The van der Waals surface area contributed by atoms with Crippen LogP contribution in [0.25, 0.3) is 0 Å². The molecule has 2 rings (SSSR count). The van der Waals surface area contributed by atoms with Crippen LogP contribution in [0.5, 0.6) is 0 Å². The molecule has 0 aliphatic rings. The smallest absolute Gasteiger partial charge is 0.264 e. The van der Waals surface area contributed by atoms with Crippen LogP contribution in [0.4, 0.5) is 11.6 Å². The Morgan fingerprint density at radius 2 is 1.89 bits per heavy atom. The molecule has 0 aliphatic heterocycles. The lowest BCUT2D eigenvalue weighted by molar-refractivity contribution is 0.600. The van der Waals surface area contributed by atoms with Gasteiger partial charge in [-0.25, -0.2) is 18.4 Å². The summed E-state index contributed by atoms with van der Waals surface area (Å²) >= 11 is 0. The minimum Gasteiger partial charge on any atom is -0.363 e. The quantitative estimate of drug-likeness (QED) is 0.913. The molecule has 2 aromatic rings. The fraction of sp³-hybridized carbons (Fsp3) is 0.167. The molecule has 2 heterocycles. The van der Waals surface area contributed by atoms with Crippen molar-refractivity contribution in [3.8, 4) is 0 Å². The van der Waals surface area contributed by atoms with Crippen molar-refractivity contribution in [2.24, 2.45) is 0 Å². The van der Waals surface area contributed by atoms with Crippen LogP contribution in [0.15, 0.2) is 47.6 Å². The van der Waals surface area contributed by atoms with Crippen molar-refractivity contribution in [1.82, 2.24) is 9.97 Å². The average molecular weight is 278 g/mol. The number of nitrogens with zero attached hydrogens (tertiary/aromatic N) is 3. The summed E-state index contributed by atoms with van der Waals surface area (Å²) in [4.78, 5) is 9.88. The number of sulfonamides is 1. The molecule has 19 heavy (non-hydrogen) atoms. The van der Waals surface area contributed by atoms with E-state index in [9.17, 15) is 8.42 Å². The van der Waals surface area contributed by atoms with Gasteiger partial charge in [-0.3, -0.25) is 4.72 Å². The third-order valence-electron chi connectivity index (χ3n) is 2.39. The van der Waals surface area contributed by atoms with Gasteiger partial charge in [0.1, 0.15) is 16.5 Å². The second kappa shape index (κ2) is 5.23. The van der Waals surface area contributed by atoms with Crippen LogP contribution in [0, 0.1) is 0 Å². The van der Waals surface area contributed by atoms with Gasteiger partial charge in [0.05, 0.1) is 0 Å². The second-order valence-electron chi connectivity index (χ2n) is 4.07. The SMILES string of the molecule is CN(C)c1ccc(S(=O)(=O)Nc2ccccn2)cn1. The molecule has 0 fully saturated rings. The zero-order valence-corrected chi connectivity index (χ0v) is 11.4. The summed E-state index contributed by atoms with van der Waals surface area (Å²) in [7, 11) is 0.0226. The zero-order chi connectivity index (χ0) is 13.9. The molecule has 0 saturated heterocycles. The van der Waals surface area contributed by atoms with Crippen LogP contribution in [0.1, 0.15) is 0 Å². The van der Waals surface area contributed by atoms with Crippen LogP contribution >= 0.6 is 0 Å². The molecule has 0 unspecified atom stereocenters. The summed E-state index contributed by atoms with van der Waals surface area (Å²) in [5.74, 6) is 0.968. The molecule has 0 radical (unpaired) electrons. The van der Waals surface area contributed by atoms with Crippen molar-refractivity contribution in [3.63, 3.8) is 0 Å². The maximum Gasteiger partial charge on any atom is 0.264 e. The van der Waals surface area contributed by atoms with Crippen molar-refractivity contribution >= 4 is 21.7 Å². The normalized spacial score (nSPS) is 11.1. The predicted octanol–water partition coefficient (Wildman–Crippen LogP) is 1.34. The molecule has 2 aromatic heterocycles. The van der Waals surface area contributed by atoms with Crippen LogP contribution in [-0.4, -0.2) is 32.5 Å². The molecular formula is C12H14N4O2S. The minimum absolute atomic E-state index is 0.101. The number of hydrogen-bond donors (Lipinski definition) is 1. The van der Waals surface area contributed by atoms with Crippen molar-refractivity contribution in [1.29, 1.82) is 0 Å². The van der Waals surface area contributed by atoms with Gasteiger partial charge in [0.25, 0.3) is 10.0 Å². The van der Waals surface area contributed by atoms with Crippen LogP contribution in [-0.2, 0) is 10.0 Å². The Kier molecular flexibility index (Phi) is 3.66. The Morgan fingerprint density at radius 3 is 2.42 bits per heavy atom. The van der Waals surface area contributed by atoms with Gasteiger partial charge in [0.2, 0.25) is 0 Å². The molecule has 0 spiro atoms. The average Bonchev–Trinajstić information content (AvgIpc) is 2.39. The fourth-order valence-corrected chi connectivity index (χ4v) is 2.37. The zero-order valence-electron chi connectivity index (χ0n) is 10.6. The highest BCUT2D eigenvalue weighted by Gasteiger charge is 2.15. The highest BCUT2D eigenvalue weighted by atomic mass is 32.2. The van der Waals surface area contributed by atoms with Crippen LogP contribution < -0.4 is 9.62 Å².